The van der Waals surface area contributed by atoms with Gasteiger partial charge in [0.05, 0.1) is 0 Å². The average Bonchev–Trinajstić information content (AvgIpc) is 2.71. The maximum absolute atomic E-state index is 11.8. The fourth-order valence-corrected chi connectivity index (χ4v) is 2.76. The number of oxime groups is 1. The molecule has 1 atom stereocenters. The Kier molecular flexibility index (Phi) is 3.31. The molecule has 0 aromatic heterocycles. The second-order valence-corrected chi connectivity index (χ2v) is 4.76. The lowest BCUT2D eigenvalue weighted by atomic mass is 9.94. The monoisotopic (exact) mass is 225 g/mol. The summed E-state index contributed by atoms with van der Waals surface area (Å²) in [5.74, 6) is 0.245. The number of hydrogen-bond donors (Lipinski definition) is 2. The predicted molar refractivity (Wildman–Crippen MR) is 60.1 cm³/mol. The summed E-state index contributed by atoms with van der Waals surface area (Å²) in [6, 6.07) is 0.387. The molecule has 16 heavy (non-hydrogen) atoms. The van der Waals surface area contributed by atoms with Crippen molar-refractivity contribution >= 4 is 11.7 Å². The first-order valence-corrected chi connectivity index (χ1v) is 5.99. The second kappa shape index (κ2) is 4.72. The van der Waals surface area contributed by atoms with Crippen molar-refractivity contribution in [3.8, 4) is 0 Å². The minimum atomic E-state index is -0.0978. The first-order chi connectivity index (χ1) is 7.72. The topological polar surface area (TPSA) is 78.9 Å². The van der Waals surface area contributed by atoms with E-state index in [4.69, 9.17) is 10.9 Å². The van der Waals surface area contributed by atoms with Gasteiger partial charge in [0.2, 0.25) is 5.91 Å². The summed E-state index contributed by atoms with van der Waals surface area (Å²) in [4.78, 5) is 13.8. The van der Waals surface area contributed by atoms with E-state index in [-0.39, 0.29) is 17.7 Å². The van der Waals surface area contributed by atoms with Gasteiger partial charge >= 0.3 is 0 Å². The van der Waals surface area contributed by atoms with Gasteiger partial charge in [-0.2, -0.15) is 0 Å². The lowest BCUT2D eigenvalue weighted by Gasteiger charge is -2.31. The first kappa shape index (κ1) is 11.2. The maximum atomic E-state index is 11.8. The molecule has 0 bridgehead atoms. The van der Waals surface area contributed by atoms with Gasteiger partial charge in [0.25, 0.3) is 0 Å². The molecule has 90 valence electrons. The van der Waals surface area contributed by atoms with Crippen molar-refractivity contribution in [2.24, 2.45) is 16.8 Å². The smallest absolute Gasteiger partial charge is 0.223 e. The van der Waals surface area contributed by atoms with E-state index in [1.54, 1.807) is 0 Å². The van der Waals surface area contributed by atoms with Crippen molar-refractivity contribution in [2.75, 3.05) is 6.54 Å². The van der Waals surface area contributed by atoms with Gasteiger partial charge in [-0.3, -0.25) is 4.79 Å². The number of amides is 1. The van der Waals surface area contributed by atoms with Crippen molar-refractivity contribution in [3.63, 3.8) is 0 Å². The van der Waals surface area contributed by atoms with Crippen LogP contribution in [-0.2, 0) is 4.79 Å². The zero-order valence-corrected chi connectivity index (χ0v) is 9.43. The van der Waals surface area contributed by atoms with Crippen molar-refractivity contribution in [3.05, 3.63) is 0 Å². The number of carbonyl (C=O) groups is 1. The number of hydrogen-bond acceptors (Lipinski definition) is 3. The van der Waals surface area contributed by atoms with Gasteiger partial charge in [0.1, 0.15) is 5.84 Å². The Morgan fingerprint density at radius 1 is 1.38 bits per heavy atom. The highest BCUT2D eigenvalue weighted by Crippen LogP contribution is 2.28. The van der Waals surface area contributed by atoms with Gasteiger partial charge in [0.15, 0.2) is 0 Å². The number of rotatable bonds is 2. The second-order valence-electron chi connectivity index (χ2n) is 4.76. The van der Waals surface area contributed by atoms with Crippen LogP contribution in [0, 0.1) is 5.92 Å². The summed E-state index contributed by atoms with van der Waals surface area (Å²) < 4.78 is 0. The van der Waals surface area contributed by atoms with Crippen LogP contribution in [0.4, 0.5) is 0 Å². The number of amidine groups is 1. The largest absolute Gasteiger partial charge is 0.409 e. The van der Waals surface area contributed by atoms with Gasteiger partial charge in [-0.1, -0.05) is 24.4 Å². The van der Waals surface area contributed by atoms with Crippen molar-refractivity contribution in [1.29, 1.82) is 0 Å². The van der Waals surface area contributed by atoms with Crippen LogP contribution in [0.1, 0.15) is 38.5 Å². The molecule has 0 aromatic rings. The van der Waals surface area contributed by atoms with Gasteiger partial charge < -0.3 is 15.8 Å². The number of carbonyl (C=O) groups excluding carboxylic acids is 1. The molecular formula is C11H19N3O2. The van der Waals surface area contributed by atoms with E-state index >= 15 is 0 Å². The van der Waals surface area contributed by atoms with E-state index in [1.165, 1.54) is 19.3 Å². The van der Waals surface area contributed by atoms with Crippen LogP contribution in [0.5, 0.6) is 0 Å². The van der Waals surface area contributed by atoms with E-state index in [0.717, 1.165) is 12.8 Å². The SMILES string of the molecule is NC(=NO)C1CC(=O)N(C2CCCCC2)C1. The maximum Gasteiger partial charge on any atom is 0.223 e. The van der Waals surface area contributed by atoms with E-state index in [1.807, 2.05) is 4.90 Å². The average molecular weight is 225 g/mol. The highest BCUT2D eigenvalue weighted by Gasteiger charge is 2.36. The molecule has 0 spiro atoms. The molecule has 1 saturated carbocycles. The third-order valence-electron chi connectivity index (χ3n) is 3.71. The van der Waals surface area contributed by atoms with Crippen LogP contribution in [-0.4, -0.2) is 34.4 Å². The lowest BCUT2D eigenvalue weighted by molar-refractivity contribution is -0.130. The summed E-state index contributed by atoms with van der Waals surface area (Å²) in [5.41, 5.74) is 5.55. The minimum Gasteiger partial charge on any atom is -0.409 e. The zero-order valence-electron chi connectivity index (χ0n) is 9.43. The summed E-state index contributed by atoms with van der Waals surface area (Å²) >= 11 is 0. The molecule has 2 rings (SSSR count). The molecule has 1 unspecified atom stereocenters. The van der Waals surface area contributed by atoms with Gasteiger partial charge in [0, 0.05) is 24.9 Å². The molecule has 0 aromatic carbocycles. The number of likely N-dealkylation sites (tertiary alicyclic amines) is 1. The fourth-order valence-electron chi connectivity index (χ4n) is 2.76. The van der Waals surface area contributed by atoms with E-state index in [0.29, 0.717) is 19.0 Å². The highest BCUT2D eigenvalue weighted by atomic mass is 16.4. The third kappa shape index (κ3) is 2.13. The van der Waals surface area contributed by atoms with Crippen LogP contribution < -0.4 is 5.73 Å². The Hall–Kier alpha value is -1.26. The van der Waals surface area contributed by atoms with Crippen LogP contribution in [0.15, 0.2) is 5.16 Å². The van der Waals surface area contributed by atoms with Crippen molar-refractivity contribution in [2.45, 2.75) is 44.6 Å². The Labute approximate surface area is 95.3 Å². The highest BCUT2D eigenvalue weighted by molar-refractivity contribution is 5.91. The molecule has 5 heteroatoms. The molecule has 2 aliphatic rings. The van der Waals surface area contributed by atoms with Gasteiger partial charge in [-0.15, -0.1) is 0 Å². The van der Waals surface area contributed by atoms with E-state index < -0.39 is 0 Å². The van der Waals surface area contributed by atoms with Crippen LogP contribution >= 0.6 is 0 Å². The van der Waals surface area contributed by atoms with E-state index in [2.05, 4.69) is 5.16 Å². The molecule has 1 aliphatic carbocycles. The molecule has 3 N–H and O–H groups in total. The van der Waals surface area contributed by atoms with Crippen LogP contribution in [0.25, 0.3) is 0 Å². The Morgan fingerprint density at radius 3 is 2.69 bits per heavy atom. The van der Waals surface area contributed by atoms with Crippen LogP contribution in [0.3, 0.4) is 0 Å². The molecule has 0 radical (unpaired) electrons. The van der Waals surface area contributed by atoms with E-state index in [9.17, 15) is 4.79 Å². The van der Waals surface area contributed by atoms with Crippen molar-refractivity contribution < 1.29 is 10.0 Å². The minimum absolute atomic E-state index is 0.0978. The molecular weight excluding hydrogens is 206 g/mol. The third-order valence-corrected chi connectivity index (χ3v) is 3.71. The standard InChI is InChI=1S/C11H19N3O2/c12-11(13-16)8-6-10(15)14(7-8)9-4-2-1-3-5-9/h8-9,16H,1-7H2,(H2,12,13). The Balaban J connectivity index is 1.98. The first-order valence-electron chi connectivity index (χ1n) is 5.99. The Morgan fingerprint density at radius 2 is 2.06 bits per heavy atom. The van der Waals surface area contributed by atoms with Gasteiger partial charge in [-0.25, -0.2) is 0 Å². The number of nitrogens with two attached hydrogens (primary N) is 1. The van der Waals surface area contributed by atoms with Gasteiger partial charge in [-0.05, 0) is 12.8 Å². The lowest BCUT2D eigenvalue weighted by Crippen LogP contribution is -2.38. The molecule has 5 nitrogen and oxygen atoms in total. The zero-order chi connectivity index (χ0) is 11.5. The van der Waals surface area contributed by atoms with Crippen LogP contribution in [0.2, 0.25) is 0 Å². The predicted octanol–water partition coefficient (Wildman–Crippen LogP) is 0.914. The quantitative estimate of drug-likeness (QED) is 0.317. The summed E-state index contributed by atoms with van der Waals surface area (Å²) in [6.45, 7) is 0.624. The number of nitrogens with zero attached hydrogens (tertiary/aromatic N) is 2. The molecule has 1 saturated heterocycles. The summed E-state index contributed by atoms with van der Waals surface area (Å²) in [7, 11) is 0. The fraction of sp³-hybridized carbons (Fsp3) is 0.818. The molecule has 1 aliphatic heterocycles. The Bertz CT molecular complexity index is 298. The molecule has 2 fully saturated rings. The van der Waals surface area contributed by atoms with Crippen molar-refractivity contribution in [1.82, 2.24) is 4.90 Å². The molecule has 1 amide bonds. The normalized spacial score (nSPS) is 28.8. The molecule has 1 heterocycles. The summed E-state index contributed by atoms with van der Waals surface area (Å²) in [6.07, 6.45) is 6.31. The summed E-state index contributed by atoms with van der Waals surface area (Å²) in [5, 5.41) is 11.6.